The SMILES string of the molecule is CC1(O)OC[C@]2(C)[C@@H](CC[C@@]3(C)[C@H]2CC[C@H]2C[C@@H]4C[C@@]23CCC4(O)CO)O1. The molecule has 2 bridgehead atoms. The Morgan fingerprint density at radius 3 is 2.48 bits per heavy atom. The Bertz CT molecular complexity index is 636. The summed E-state index contributed by atoms with van der Waals surface area (Å²) in [6, 6.07) is 0. The van der Waals surface area contributed by atoms with E-state index >= 15 is 0 Å². The lowest BCUT2D eigenvalue weighted by Crippen LogP contribution is -2.66. The van der Waals surface area contributed by atoms with E-state index in [0.29, 0.717) is 18.4 Å². The van der Waals surface area contributed by atoms with Gasteiger partial charge in [-0.2, -0.15) is 0 Å². The fraction of sp³-hybridized carbons (Fsp3) is 1.00. The lowest BCUT2D eigenvalue weighted by Gasteiger charge is -2.68. The second-order valence-corrected chi connectivity index (χ2v) is 11.1. The zero-order valence-electron chi connectivity index (χ0n) is 17.0. The summed E-state index contributed by atoms with van der Waals surface area (Å²) >= 11 is 0. The van der Waals surface area contributed by atoms with Crippen molar-refractivity contribution in [2.75, 3.05) is 13.2 Å². The fourth-order valence-electron chi connectivity index (χ4n) is 8.68. The Labute approximate surface area is 162 Å². The van der Waals surface area contributed by atoms with Crippen LogP contribution in [0.25, 0.3) is 0 Å². The molecule has 3 N–H and O–H groups in total. The molecule has 1 saturated heterocycles. The maximum absolute atomic E-state index is 11.0. The van der Waals surface area contributed by atoms with Gasteiger partial charge in [-0.15, -0.1) is 0 Å². The largest absolute Gasteiger partial charge is 0.393 e. The second-order valence-electron chi connectivity index (χ2n) is 11.1. The van der Waals surface area contributed by atoms with Crippen LogP contribution < -0.4 is 0 Å². The molecule has 1 spiro atoms. The highest BCUT2D eigenvalue weighted by molar-refractivity contribution is 5.19. The number of ether oxygens (including phenoxy) is 2. The molecule has 1 aliphatic heterocycles. The summed E-state index contributed by atoms with van der Waals surface area (Å²) in [5, 5.41) is 31.1. The molecule has 0 amide bonds. The van der Waals surface area contributed by atoms with Gasteiger partial charge in [0, 0.05) is 12.3 Å². The normalized spacial score (nSPS) is 62.4. The summed E-state index contributed by atoms with van der Waals surface area (Å²) in [4.78, 5) is 0. The summed E-state index contributed by atoms with van der Waals surface area (Å²) in [6.45, 7) is 6.87. The molecule has 1 heterocycles. The first kappa shape index (κ1) is 18.8. The van der Waals surface area contributed by atoms with Gasteiger partial charge >= 0.3 is 0 Å². The Balaban J connectivity index is 1.51. The lowest BCUT2D eigenvalue weighted by molar-refractivity contribution is -0.432. The molecule has 0 aromatic carbocycles. The van der Waals surface area contributed by atoms with Gasteiger partial charge in [0.05, 0.1) is 24.9 Å². The molecular weight excluding hydrogens is 344 g/mol. The smallest absolute Gasteiger partial charge is 0.277 e. The van der Waals surface area contributed by atoms with Crippen LogP contribution in [0.3, 0.4) is 0 Å². The van der Waals surface area contributed by atoms with E-state index < -0.39 is 11.6 Å². The minimum absolute atomic E-state index is 0.0439. The van der Waals surface area contributed by atoms with Gasteiger partial charge < -0.3 is 24.8 Å². The van der Waals surface area contributed by atoms with Crippen molar-refractivity contribution >= 4 is 0 Å². The summed E-state index contributed by atoms with van der Waals surface area (Å²) in [5.41, 5.74) is -0.457. The zero-order chi connectivity index (χ0) is 19.3. The highest BCUT2D eigenvalue weighted by Crippen LogP contribution is 2.75. The molecular formula is C22H36O5. The topological polar surface area (TPSA) is 79.2 Å². The Morgan fingerprint density at radius 1 is 0.963 bits per heavy atom. The first-order chi connectivity index (χ1) is 12.6. The van der Waals surface area contributed by atoms with Crippen LogP contribution in [-0.4, -0.2) is 46.2 Å². The van der Waals surface area contributed by atoms with Crippen molar-refractivity contribution in [3.05, 3.63) is 0 Å². The summed E-state index contributed by atoms with van der Waals surface area (Å²) in [5.74, 6) is -0.0518. The van der Waals surface area contributed by atoms with Gasteiger partial charge in [0.25, 0.3) is 5.97 Å². The van der Waals surface area contributed by atoms with Crippen LogP contribution in [0.1, 0.15) is 72.1 Å². The number of aliphatic hydroxyl groups excluding tert-OH is 1. The standard InChI is InChI=1S/C22H36O5/c1-18-13-26-20(3,24)27-17(18)6-7-19(2)16(18)5-4-14-10-15-11-21(14,19)8-9-22(15,25)12-23/h14-17,23-25H,4-13H2,1-3H3/t14-,15+,16-,17+,18-,19-,20?,21-,22?/m0/s1. The third-order valence-electron chi connectivity index (χ3n) is 10.2. The van der Waals surface area contributed by atoms with Gasteiger partial charge in [0.15, 0.2) is 0 Å². The Hall–Kier alpha value is -0.200. The molecule has 5 nitrogen and oxygen atoms in total. The van der Waals surface area contributed by atoms with E-state index in [-0.39, 0.29) is 34.9 Å². The molecule has 4 aliphatic carbocycles. The number of aliphatic hydroxyl groups is 3. The maximum atomic E-state index is 11.0. The molecule has 2 unspecified atom stereocenters. The second kappa shape index (κ2) is 5.48. The average Bonchev–Trinajstić information content (AvgIpc) is 2.97. The fourth-order valence-corrected chi connectivity index (χ4v) is 8.68. The molecule has 5 heteroatoms. The third kappa shape index (κ3) is 2.24. The van der Waals surface area contributed by atoms with Gasteiger partial charge in [-0.3, -0.25) is 0 Å². The number of hydrogen-bond donors (Lipinski definition) is 3. The van der Waals surface area contributed by atoms with Crippen LogP contribution >= 0.6 is 0 Å². The highest BCUT2D eigenvalue weighted by Gasteiger charge is 2.71. The van der Waals surface area contributed by atoms with Crippen LogP contribution in [0, 0.1) is 34.0 Å². The monoisotopic (exact) mass is 380 g/mol. The summed E-state index contributed by atoms with van der Waals surface area (Å²) in [6.07, 6.45) is 8.39. The Kier molecular flexibility index (Phi) is 3.82. The zero-order valence-corrected chi connectivity index (χ0v) is 17.0. The first-order valence-corrected chi connectivity index (χ1v) is 11.0. The number of rotatable bonds is 1. The molecule has 0 aromatic heterocycles. The first-order valence-electron chi connectivity index (χ1n) is 11.0. The van der Waals surface area contributed by atoms with Gasteiger partial charge in [0.2, 0.25) is 0 Å². The number of fused-ring (bicyclic) bond motifs is 4. The quantitative estimate of drug-likeness (QED) is 0.652. The number of hydrogen-bond acceptors (Lipinski definition) is 5. The molecule has 0 aromatic rings. The van der Waals surface area contributed by atoms with Crippen LogP contribution in [0.5, 0.6) is 0 Å². The molecule has 5 aliphatic rings. The van der Waals surface area contributed by atoms with E-state index in [1.54, 1.807) is 6.92 Å². The van der Waals surface area contributed by atoms with Gasteiger partial charge in [-0.25, -0.2) is 0 Å². The molecule has 5 rings (SSSR count). The van der Waals surface area contributed by atoms with Crippen LogP contribution in [0.4, 0.5) is 0 Å². The van der Waals surface area contributed by atoms with Gasteiger partial charge in [0.1, 0.15) is 0 Å². The maximum Gasteiger partial charge on any atom is 0.277 e. The van der Waals surface area contributed by atoms with Crippen molar-refractivity contribution in [1.82, 2.24) is 0 Å². The molecule has 154 valence electrons. The van der Waals surface area contributed by atoms with Gasteiger partial charge in [-0.1, -0.05) is 13.8 Å². The van der Waals surface area contributed by atoms with Crippen LogP contribution in [-0.2, 0) is 9.47 Å². The van der Waals surface area contributed by atoms with Crippen molar-refractivity contribution in [1.29, 1.82) is 0 Å². The highest BCUT2D eigenvalue weighted by atomic mass is 16.8. The molecule has 5 fully saturated rings. The minimum Gasteiger partial charge on any atom is -0.393 e. The van der Waals surface area contributed by atoms with Crippen molar-refractivity contribution in [3.8, 4) is 0 Å². The summed E-state index contributed by atoms with van der Waals surface area (Å²) < 4.78 is 11.8. The summed E-state index contributed by atoms with van der Waals surface area (Å²) in [7, 11) is 0. The van der Waals surface area contributed by atoms with E-state index in [0.717, 1.165) is 38.5 Å². The van der Waals surface area contributed by atoms with Crippen LogP contribution in [0.2, 0.25) is 0 Å². The van der Waals surface area contributed by atoms with Crippen molar-refractivity contribution < 1.29 is 24.8 Å². The van der Waals surface area contributed by atoms with E-state index in [4.69, 9.17) is 9.47 Å². The minimum atomic E-state index is -1.46. The molecule has 9 atom stereocenters. The van der Waals surface area contributed by atoms with E-state index in [2.05, 4.69) is 13.8 Å². The lowest BCUT2D eigenvalue weighted by atomic mass is 9.39. The average molecular weight is 381 g/mol. The molecule has 4 saturated carbocycles. The van der Waals surface area contributed by atoms with Crippen molar-refractivity contribution in [2.45, 2.75) is 89.8 Å². The molecule has 27 heavy (non-hydrogen) atoms. The van der Waals surface area contributed by atoms with E-state index in [1.807, 2.05) is 0 Å². The van der Waals surface area contributed by atoms with E-state index in [9.17, 15) is 15.3 Å². The van der Waals surface area contributed by atoms with Crippen LogP contribution in [0.15, 0.2) is 0 Å². The van der Waals surface area contributed by atoms with Gasteiger partial charge in [-0.05, 0) is 80.0 Å². The predicted octanol–water partition coefficient (Wildman–Crippen LogP) is 2.81. The van der Waals surface area contributed by atoms with Crippen molar-refractivity contribution in [2.24, 2.45) is 34.0 Å². The predicted molar refractivity (Wildman–Crippen MR) is 99.5 cm³/mol. The third-order valence-corrected chi connectivity index (χ3v) is 10.2. The van der Waals surface area contributed by atoms with Crippen molar-refractivity contribution in [3.63, 3.8) is 0 Å². The molecule has 0 radical (unpaired) electrons. The van der Waals surface area contributed by atoms with E-state index in [1.165, 1.54) is 12.8 Å². The Morgan fingerprint density at radius 2 is 1.74 bits per heavy atom.